The molecule has 1 N–H and O–H groups in total. The summed E-state index contributed by atoms with van der Waals surface area (Å²) in [6, 6.07) is 2.03. The molecule has 1 aromatic heterocycles. The van der Waals surface area contributed by atoms with Crippen LogP contribution in [0, 0.1) is 5.92 Å². The van der Waals surface area contributed by atoms with Gasteiger partial charge in [-0.05, 0) is 40.7 Å². The zero-order chi connectivity index (χ0) is 10.8. The van der Waals surface area contributed by atoms with Crippen LogP contribution in [0.3, 0.4) is 0 Å². The number of halogens is 1. The van der Waals surface area contributed by atoms with Crippen molar-refractivity contribution in [1.29, 1.82) is 0 Å². The highest BCUT2D eigenvalue weighted by Crippen LogP contribution is 2.29. The summed E-state index contributed by atoms with van der Waals surface area (Å²) in [5.74, 6) is 0.300. The van der Waals surface area contributed by atoms with E-state index in [0.29, 0.717) is 18.6 Å². The molecule has 2 rings (SSSR count). The number of rotatable bonds is 3. The molecular weight excluding hydrogens is 276 g/mol. The number of thiophene rings is 1. The summed E-state index contributed by atoms with van der Waals surface area (Å²) in [5, 5.41) is 12.1. The Balaban J connectivity index is 1.92. The van der Waals surface area contributed by atoms with Crippen LogP contribution in [0.4, 0.5) is 0 Å². The standard InChI is InChI=1S/C11H15BrO2S/c1-7-4-8(6-14-7)10(13)5-11-9(12)2-3-15-11/h2-3,7-8,10,13H,4-6H2,1H3. The third kappa shape index (κ3) is 2.81. The molecule has 1 aliphatic heterocycles. The van der Waals surface area contributed by atoms with Crippen molar-refractivity contribution in [2.75, 3.05) is 6.61 Å². The fourth-order valence-corrected chi connectivity index (χ4v) is 3.51. The monoisotopic (exact) mass is 290 g/mol. The van der Waals surface area contributed by atoms with E-state index in [1.54, 1.807) is 11.3 Å². The van der Waals surface area contributed by atoms with Crippen LogP contribution in [0.1, 0.15) is 18.2 Å². The van der Waals surface area contributed by atoms with Crippen LogP contribution >= 0.6 is 27.3 Å². The maximum Gasteiger partial charge on any atom is 0.0639 e. The molecular formula is C11H15BrO2S. The highest BCUT2D eigenvalue weighted by atomic mass is 79.9. The van der Waals surface area contributed by atoms with Gasteiger partial charge < -0.3 is 9.84 Å². The minimum absolute atomic E-state index is 0.273. The van der Waals surface area contributed by atoms with Gasteiger partial charge in [-0.1, -0.05) is 0 Å². The summed E-state index contributed by atoms with van der Waals surface area (Å²) < 4.78 is 6.58. The molecule has 0 spiro atoms. The fraction of sp³-hybridized carbons (Fsp3) is 0.636. The first-order chi connectivity index (χ1) is 7.16. The summed E-state index contributed by atoms with van der Waals surface area (Å²) >= 11 is 5.17. The minimum Gasteiger partial charge on any atom is -0.392 e. The smallest absolute Gasteiger partial charge is 0.0639 e. The first-order valence-electron chi connectivity index (χ1n) is 5.18. The van der Waals surface area contributed by atoms with Crippen LogP contribution in [0.2, 0.25) is 0 Å². The molecule has 0 radical (unpaired) electrons. The van der Waals surface area contributed by atoms with Gasteiger partial charge in [-0.25, -0.2) is 0 Å². The summed E-state index contributed by atoms with van der Waals surface area (Å²) in [4.78, 5) is 1.22. The first kappa shape index (κ1) is 11.6. The molecule has 3 unspecified atom stereocenters. The molecule has 2 nitrogen and oxygen atoms in total. The predicted octanol–water partition coefficient (Wildman–Crippen LogP) is 2.84. The van der Waals surface area contributed by atoms with Gasteiger partial charge in [-0.15, -0.1) is 11.3 Å². The molecule has 3 atom stereocenters. The van der Waals surface area contributed by atoms with E-state index in [-0.39, 0.29) is 6.10 Å². The molecule has 0 aromatic carbocycles. The van der Waals surface area contributed by atoms with Crippen molar-refractivity contribution in [3.63, 3.8) is 0 Å². The van der Waals surface area contributed by atoms with Crippen LogP contribution in [0.5, 0.6) is 0 Å². The largest absolute Gasteiger partial charge is 0.392 e. The van der Waals surface area contributed by atoms with Crippen molar-refractivity contribution in [1.82, 2.24) is 0 Å². The SMILES string of the molecule is CC1CC(C(O)Cc2sccc2Br)CO1. The van der Waals surface area contributed by atoms with Gasteiger partial charge >= 0.3 is 0 Å². The Kier molecular flexibility index (Phi) is 3.83. The van der Waals surface area contributed by atoms with Gasteiger partial charge in [0.05, 0.1) is 18.8 Å². The number of ether oxygens (including phenoxy) is 1. The maximum absolute atomic E-state index is 10.1. The Morgan fingerprint density at radius 2 is 2.53 bits per heavy atom. The van der Waals surface area contributed by atoms with Crippen LogP contribution < -0.4 is 0 Å². The lowest BCUT2D eigenvalue weighted by atomic mass is 9.97. The Bertz CT molecular complexity index is 326. The van der Waals surface area contributed by atoms with Crippen molar-refractivity contribution in [2.45, 2.75) is 32.0 Å². The van der Waals surface area contributed by atoms with E-state index in [1.807, 2.05) is 11.4 Å². The first-order valence-corrected chi connectivity index (χ1v) is 6.85. The number of aliphatic hydroxyl groups excluding tert-OH is 1. The number of hydrogen-bond donors (Lipinski definition) is 1. The van der Waals surface area contributed by atoms with Gasteiger partial charge in [-0.3, -0.25) is 0 Å². The van der Waals surface area contributed by atoms with Crippen molar-refractivity contribution in [3.8, 4) is 0 Å². The van der Waals surface area contributed by atoms with Crippen LogP contribution in [0.15, 0.2) is 15.9 Å². The van der Waals surface area contributed by atoms with E-state index in [0.717, 1.165) is 17.3 Å². The molecule has 0 amide bonds. The molecule has 84 valence electrons. The molecule has 1 aromatic rings. The van der Waals surface area contributed by atoms with E-state index in [4.69, 9.17) is 4.74 Å². The lowest BCUT2D eigenvalue weighted by Crippen LogP contribution is -2.22. The quantitative estimate of drug-likeness (QED) is 0.928. The second-order valence-electron chi connectivity index (χ2n) is 4.10. The molecule has 1 fully saturated rings. The molecule has 1 saturated heterocycles. The fourth-order valence-electron chi connectivity index (χ4n) is 1.95. The second-order valence-corrected chi connectivity index (χ2v) is 5.96. The maximum atomic E-state index is 10.1. The van der Waals surface area contributed by atoms with Gasteiger partial charge in [-0.2, -0.15) is 0 Å². The van der Waals surface area contributed by atoms with Gasteiger partial charge in [0.2, 0.25) is 0 Å². The van der Waals surface area contributed by atoms with Gasteiger partial charge in [0, 0.05) is 21.7 Å². The van der Waals surface area contributed by atoms with Crippen molar-refractivity contribution in [3.05, 3.63) is 20.8 Å². The number of hydrogen-bond acceptors (Lipinski definition) is 3. The van der Waals surface area contributed by atoms with Gasteiger partial charge in [0.15, 0.2) is 0 Å². The Hall–Kier alpha value is 0.1000. The van der Waals surface area contributed by atoms with E-state index in [2.05, 4.69) is 22.9 Å². The molecule has 4 heteroatoms. The van der Waals surface area contributed by atoms with E-state index >= 15 is 0 Å². The summed E-state index contributed by atoms with van der Waals surface area (Å²) in [5.41, 5.74) is 0. The number of aliphatic hydroxyl groups is 1. The van der Waals surface area contributed by atoms with Crippen molar-refractivity contribution < 1.29 is 9.84 Å². The zero-order valence-corrected chi connectivity index (χ0v) is 11.1. The summed E-state index contributed by atoms with van der Waals surface area (Å²) in [6.07, 6.45) is 1.74. The lowest BCUT2D eigenvalue weighted by molar-refractivity contribution is 0.0810. The highest BCUT2D eigenvalue weighted by Gasteiger charge is 2.28. The van der Waals surface area contributed by atoms with Crippen molar-refractivity contribution in [2.24, 2.45) is 5.92 Å². The Morgan fingerprint density at radius 1 is 1.73 bits per heavy atom. The van der Waals surface area contributed by atoms with E-state index < -0.39 is 0 Å². The molecule has 2 heterocycles. The van der Waals surface area contributed by atoms with Crippen molar-refractivity contribution >= 4 is 27.3 Å². The van der Waals surface area contributed by atoms with Crippen LogP contribution in [-0.4, -0.2) is 23.9 Å². The molecule has 0 saturated carbocycles. The molecule has 15 heavy (non-hydrogen) atoms. The second kappa shape index (κ2) is 4.95. The third-order valence-corrected chi connectivity index (χ3v) is 4.81. The van der Waals surface area contributed by atoms with Gasteiger partial charge in [0.1, 0.15) is 0 Å². The van der Waals surface area contributed by atoms with Crippen LogP contribution in [-0.2, 0) is 11.2 Å². The summed E-state index contributed by atoms with van der Waals surface area (Å²) in [7, 11) is 0. The van der Waals surface area contributed by atoms with Crippen LogP contribution in [0.25, 0.3) is 0 Å². The predicted molar refractivity (Wildman–Crippen MR) is 65.3 cm³/mol. The highest BCUT2D eigenvalue weighted by molar-refractivity contribution is 9.10. The third-order valence-electron chi connectivity index (χ3n) is 2.86. The normalized spacial score (nSPS) is 28.2. The average Bonchev–Trinajstić information content (AvgIpc) is 2.77. The Morgan fingerprint density at radius 3 is 3.07 bits per heavy atom. The Labute approximate surface area is 102 Å². The summed E-state index contributed by atoms with van der Waals surface area (Å²) in [6.45, 7) is 2.76. The molecule has 1 aliphatic rings. The van der Waals surface area contributed by atoms with E-state index in [1.165, 1.54) is 4.88 Å². The molecule has 0 aliphatic carbocycles. The van der Waals surface area contributed by atoms with Gasteiger partial charge in [0.25, 0.3) is 0 Å². The average molecular weight is 291 g/mol. The topological polar surface area (TPSA) is 29.5 Å². The zero-order valence-electron chi connectivity index (χ0n) is 8.65. The molecule has 0 bridgehead atoms. The minimum atomic E-state index is -0.273. The lowest BCUT2D eigenvalue weighted by Gasteiger charge is -2.15. The van der Waals surface area contributed by atoms with E-state index in [9.17, 15) is 5.11 Å².